The number of hydrogen-bond donors (Lipinski definition) is 1. The lowest BCUT2D eigenvalue weighted by atomic mass is 9.99. The van der Waals surface area contributed by atoms with Crippen molar-refractivity contribution in [2.24, 2.45) is 5.73 Å². The second kappa shape index (κ2) is 5.50. The van der Waals surface area contributed by atoms with E-state index in [-0.39, 0.29) is 0 Å². The van der Waals surface area contributed by atoms with Gasteiger partial charge in [0.25, 0.3) is 0 Å². The average molecular weight is 259 g/mol. The van der Waals surface area contributed by atoms with Gasteiger partial charge in [-0.3, -0.25) is 0 Å². The topological polar surface area (TPSA) is 29.3 Å². The standard InChI is InChI=1S/C12H19ClN2S/c1-9-8-10(14)4-6-15(9)7-5-11-2-3-12(13)16-11/h2-3,9-10H,4-8,14H2,1H3. The molecule has 2 heterocycles. The molecule has 0 aromatic carbocycles. The number of piperidine rings is 1. The molecule has 0 spiro atoms. The van der Waals surface area contributed by atoms with Crippen LogP contribution in [0.1, 0.15) is 24.6 Å². The Morgan fingerprint density at radius 1 is 1.56 bits per heavy atom. The van der Waals surface area contributed by atoms with Crippen molar-refractivity contribution in [3.8, 4) is 0 Å². The van der Waals surface area contributed by atoms with E-state index in [2.05, 4.69) is 17.9 Å². The molecule has 16 heavy (non-hydrogen) atoms. The zero-order valence-electron chi connectivity index (χ0n) is 9.66. The number of hydrogen-bond acceptors (Lipinski definition) is 3. The summed E-state index contributed by atoms with van der Waals surface area (Å²) in [4.78, 5) is 3.92. The highest BCUT2D eigenvalue weighted by Gasteiger charge is 2.22. The monoisotopic (exact) mass is 258 g/mol. The minimum Gasteiger partial charge on any atom is -0.328 e. The Hall–Kier alpha value is -0.0900. The van der Waals surface area contributed by atoms with Gasteiger partial charge in [0.2, 0.25) is 0 Å². The predicted molar refractivity (Wildman–Crippen MR) is 71.3 cm³/mol. The average Bonchev–Trinajstić information content (AvgIpc) is 2.63. The lowest BCUT2D eigenvalue weighted by molar-refractivity contribution is 0.150. The predicted octanol–water partition coefficient (Wildman–Crippen LogP) is 2.76. The molecule has 0 bridgehead atoms. The van der Waals surface area contributed by atoms with Crippen molar-refractivity contribution in [2.75, 3.05) is 13.1 Å². The summed E-state index contributed by atoms with van der Waals surface area (Å²) in [6, 6.07) is 5.14. The Balaban J connectivity index is 1.81. The maximum Gasteiger partial charge on any atom is 0.0931 e. The van der Waals surface area contributed by atoms with Crippen LogP contribution in [0.2, 0.25) is 4.34 Å². The molecular weight excluding hydrogens is 240 g/mol. The van der Waals surface area contributed by atoms with E-state index in [4.69, 9.17) is 17.3 Å². The van der Waals surface area contributed by atoms with Crippen LogP contribution in [0.3, 0.4) is 0 Å². The molecule has 0 amide bonds. The summed E-state index contributed by atoms with van der Waals surface area (Å²) >= 11 is 7.61. The maximum atomic E-state index is 5.96. The number of thiophene rings is 1. The zero-order chi connectivity index (χ0) is 11.5. The lowest BCUT2D eigenvalue weighted by Gasteiger charge is -2.36. The van der Waals surface area contributed by atoms with Crippen molar-refractivity contribution < 1.29 is 0 Å². The number of halogens is 1. The summed E-state index contributed by atoms with van der Waals surface area (Å²) in [5.41, 5.74) is 5.96. The first-order valence-corrected chi connectivity index (χ1v) is 7.08. The van der Waals surface area contributed by atoms with Crippen LogP contribution in [0, 0.1) is 0 Å². The fourth-order valence-corrected chi connectivity index (χ4v) is 3.41. The third-order valence-corrected chi connectivity index (χ3v) is 4.62. The van der Waals surface area contributed by atoms with Crippen LogP contribution in [-0.4, -0.2) is 30.1 Å². The van der Waals surface area contributed by atoms with Gasteiger partial charge in [0.15, 0.2) is 0 Å². The molecule has 2 nitrogen and oxygen atoms in total. The van der Waals surface area contributed by atoms with E-state index in [1.165, 1.54) is 4.88 Å². The van der Waals surface area contributed by atoms with Gasteiger partial charge < -0.3 is 10.6 Å². The SMILES string of the molecule is CC1CC(N)CCN1CCc1ccc(Cl)s1. The van der Waals surface area contributed by atoms with Gasteiger partial charge in [-0.15, -0.1) is 11.3 Å². The Morgan fingerprint density at radius 2 is 2.38 bits per heavy atom. The van der Waals surface area contributed by atoms with Crippen LogP contribution in [-0.2, 0) is 6.42 Å². The van der Waals surface area contributed by atoms with Crippen molar-refractivity contribution in [3.63, 3.8) is 0 Å². The third kappa shape index (κ3) is 3.20. The van der Waals surface area contributed by atoms with Crippen molar-refractivity contribution in [2.45, 2.75) is 38.3 Å². The smallest absolute Gasteiger partial charge is 0.0931 e. The maximum absolute atomic E-state index is 5.96. The van der Waals surface area contributed by atoms with Crippen LogP contribution in [0.5, 0.6) is 0 Å². The van der Waals surface area contributed by atoms with E-state index in [1.807, 2.05) is 6.07 Å². The van der Waals surface area contributed by atoms with Gasteiger partial charge in [-0.05, 0) is 44.9 Å². The van der Waals surface area contributed by atoms with E-state index >= 15 is 0 Å². The van der Waals surface area contributed by atoms with E-state index in [9.17, 15) is 0 Å². The minimum atomic E-state index is 0.405. The first-order valence-electron chi connectivity index (χ1n) is 5.89. The molecule has 1 aliphatic rings. The molecule has 0 radical (unpaired) electrons. The molecule has 1 aromatic heterocycles. The van der Waals surface area contributed by atoms with E-state index in [0.717, 1.165) is 36.7 Å². The van der Waals surface area contributed by atoms with Crippen LogP contribution in [0.4, 0.5) is 0 Å². The summed E-state index contributed by atoms with van der Waals surface area (Å²) in [5.74, 6) is 0. The van der Waals surface area contributed by atoms with E-state index in [0.29, 0.717) is 12.1 Å². The molecule has 2 atom stereocenters. The van der Waals surface area contributed by atoms with Crippen LogP contribution in [0.25, 0.3) is 0 Å². The van der Waals surface area contributed by atoms with Crippen LogP contribution in [0.15, 0.2) is 12.1 Å². The molecular formula is C12H19ClN2S. The molecule has 1 aromatic rings. The molecule has 0 aliphatic carbocycles. The number of nitrogens with zero attached hydrogens (tertiary/aromatic N) is 1. The number of rotatable bonds is 3. The van der Waals surface area contributed by atoms with E-state index in [1.54, 1.807) is 11.3 Å². The first kappa shape index (κ1) is 12.4. The van der Waals surface area contributed by atoms with E-state index < -0.39 is 0 Å². The Kier molecular flexibility index (Phi) is 4.25. The zero-order valence-corrected chi connectivity index (χ0v) is 11.2. The van der Waals surface area contributed by atoms with Gasteiger partial charge in [0.1, 0.15) is 0 Å². The second-order valence-electron chi connectivity index (χ2n) is 4.63. The normalized spacial score (nSPS) is 27.2. The molecule has 0 saturated carbocycles. The first-order chi connectivity index (χ1) is 7.65. The van der Waals surface area contributed by atoms with Gasteiger partial charge in [0, 0.05) is 23.5 Å². The largest absolute Gasteiger partial charge is 0.328 e. The molecule has 2 N–H and O–H groups in total. The molecule has 90 valence electrons. The molecule has 4 heteroatoms. The van der Waals surface area contributed by atoms with Gasteiger partial charge >= 0.3 is 0 Å². The second-order valence-corrected chi connectivity index (χ2v) is 6.42. The fourth-order valence-electron chi connectivity index (χ4n) is 2.33. The molecule has 1 fully saturated rings. The summed E-state index contributed by atoms with van der Waals surface area (Å²) < 4.78 is 0.892. The lowest BCUT2D eigenvalue weighted by Crippen LogP contribution is -2.46. The van der Waals surface area contributed by atoms with Crippen molar-refractivity contribution in [1.82, 2.24) is 4.90 Å². The minimum absolute atomic E-state index is 0.405. The van der Waals surface area contributed by atoms with Gasteiger partial charge in [-0.2, -0.15) is 0 Å². The fraction of sp³-hybridized carbons (Fsp3) is 0.667. The highest BCUT2D eigenvalue weighted by atomic mass is 35.5. The highest BCUT2D eigenvalue weighted by Crippen LogP contribution is 2.23. The van der Waals surface area contributed by atoms with Crippen LogP contribution >= 0.6 is 22.9 Å². The summed E-state index contributed by atoms with van der Waals surface area (Å²) in [7, 11) is 0. The van der Waals surface area contributed by atoms with Crippen LogP contribution < -0.4 is 5.73 Å². The molecule has 1 saturated heterocycles. The summed E-state index contributed by atoms with van der Waals surface area (Å²) in [5, 5.41) is 0. The Labute approximate surface area is 106 Å². The summed E-state index contributed by atoms with van der Waals surface area (Å²) in [6.07, 6.45) is 3.37. The Morgan fingerprint density at radius 3 is 3.00 bits per heavy atom. The number of likely N-dealkylation sites (tertiary alicyclic amines) is 1. The Bertz CT molecular complexity index is 340. The van der Waals surface area contributed by atoms with Crippen molar-refractivity contribution >= 4 is 22.9 Å². The third-order valence-electron chi connectivity index (χ3n) is 3.33. The van der Waals surface area contributed by atoms with Gasteiger partial charge in [-0.1, -0.05) is 11.6 Å². The quantitative estimate of drug-likeness (QED) is 0.904. The molecule has 2 unspecified atom stereocenters. The number of nitrogens with two attached hydrogens (primary N) is 1. The van der Waals surface area contributed by atoms with Crippen molar-refractivity contribution in [1.29, 1.82) is 0 Å². The summed E-state index contributed by atoms with van der Waals surface area (Å²) in [6.45, 7) is 4.55. The highest BCUT2D eigenvalue weighted by molar-refractivity contribution is 7.16. The molecule has 2 rings (SSSR count). The molecule has 1 aliphatic heterocycles. The van der Waals surface area contributed by atoms with Gasteiger partial charge in [0.05, 0.1) is 4.34 Å². The van der Waals surface area contributed by atoms with Crippen molar-refractivity contribution in [3.05, 3.63) is 21.3 Å². The van der Waals surface area contributed by atoms with Gasteiger partial charge in [-0.25, -0.2) is 0 Å².